The van der Waals surface area contributed by atoms with Crippen LogP contribution in [-0.4, -0.2) is 38.7 Å². The van der Waals surface area contributed by atoms with Gasteiger partial charge in [0.1, 0.15) is 5.75 Å². The summed E-state index contributed by atoms with van der Waals surface area (Å²) in [6.45, 7) is 10.1. The largest absolute Gasteiger partial charge is 0.492 e. The van der Waals surface area contributed by atoms with E-state index < -0.39 is 0 Å². The minimum Gasteiger partial charge on any atom is -0.492 e. The van der Waals surface area contributed by atoms with E-state index in [1.807, 2.05) is 6.92 Å². The van der Waals surface area contributed by atoms with Gasteiger partial charge in [0, 0.05) is 19.6 Å². The molecule has 0 amide bonds. The Balaban J connectivity index is 2.60. The van der Waals surface area contributed by atoms with E-state index in [1.54, 1.807) is 0 Å². The normalized spacial score (nSPS) is 12.0. The lowest BCUT2D eigenvalue weighted by molar-refractivity contribution is 0.232. The lowest BCUT2D eigenvalue weighted by Crippen LogP contribution is -2.37. The van der Waals surface area contributed by atoms with Gasteiger partial charge in [-0.05, 0) is 76.0 Å². The Morgan fingerprint density at radius 2 is 1.76 bits per heavy atom. The first-order valence-electron chi connectivity index (χ1n) is 7.21. The van der Waals surface area contributed by atoms with Gasteiger partial charge in [-0.25, -0.2) is 0 Å². The van der Waals surface area contributed by atoms with E-state index in [1.165, 1.54) is 5.56 Å². The van der Waals surface area contributed by atoms with E-state index >= 15 is 0 Å². The molecule has 0 aliphatic heterocycles. The first-order valence-corrected chi connectivity index (χ1v) is 8.80. The highest BCUT2D eigenvalue weighted by molar-refractivity contribution is 9.11. The van der Waals surface area contributed by atoms with E-state index in [0.29, 0.717) is 6.61 Å². The zero-order chi connectivity index (χ0) is 16.0. The Hall–Kier alpha value is -0.100. The molecule has 1 N–H and O–H groups in total. The molecule has 0 heterocycles. The molecule has 1 aromatic rings. The van der Waals surface area contributed by atoms with Crippen LogP contribution in [0.15, 0.2) is 21.1 Å². The fourth-order valence-electron chi connectivity index (χ4n) is 2.45. The Morgan fingerprint density at radius 1 is 1.19 bits per heavy atom. The van der Waals surface area contributed by atoms with E-state index in [9.17, 15) is 0 Å². The van der Waals surface area contributed by atoms with Crippen molar-refractivity contribution in [2.24, 2.45) is 5.41 Å². The smallest absolute Gasteiger partial charge is 0.147 e. The molecule has 0 radical (unpaired) electrons. The van der Waals surface area contributed by atoms with Crippen LogP contribution in [0.25, 0.3) is 0 Å². The topological polar surface area (TPSA) is 24.5 Å². The fraction of sp³-hybridized carbons (Fsp3) is 0.625. The number of nitrogens with one attached hydrogen (secondary N) is 1. The maximum Gasteiger partial charge on any atom is 0.147 e. The molecular formula is C16H26Br2N2O. The van der Waals surface area contributed by atoms with Crippen LogP contribution in [0.5, 0.6) is 5.75 Å². The number of hydrogen-bond donors (Lipinski definition) is 1. The van der Waals surface area contributed by atoms with Gasteiger partial charge in [-0.3, -0.25) is 0 Å². The summed E-state index contributed by atoms with van der Waals surface area (Å²) in [5.74, 6) is 0.870. The molecule has 21 heavy (non-hydrogen) atoms. The van der Waals surface area contributed by atoms with Crippen LogP contribution in [0.2, 0.25) is 0 Å². The van der Waals surface area contributed by atoms with Crippen molar-refractivity contribution in [1.29, 1.82) is 0 Å². The summed E-state index contributed by atoms with van der Waals surface area (Å²) in [6, 6.07) is 4.23. The number of ether oxygens (including phenoxy) is 1. The minimum atomic E-state index is 0.253. The Morgan fingerprint density at radius 3 is 2.24 bits per heavy atom. The van der Waals surface area contributed by atoms with E-state index in [4.69, 9.17) is 4.74 Å². The summed E-state index contributed by atoms with van der Waals surface area (Å²) in [7, 11) is 4.23. The number of benzene rings is 1. The minimum absolute atomic E-state index is 0.253. The summed E-state index contributed by atoms with van der Waals surface area (Å²) < 4.78 is 7.58. The molecule has 5 heteroatoms. The molecule has 0 aromatic heterocycles. The van der Waals surface area contributed by atoms with Gasteiger partial charge in [0.25, 0.3) is 0 Å². The molecule has 0 fully saturated rings. The molecule has 1 rings (SSSR count). The molecular weight excluding hydrogens is 396 g/mol. The highest BCUT2D eigenvalue weighted by Gasteiger charge is 2.18. The monoisotopic (exact) mass is 420 g/mol. The third-order valence-corrected chi connectivity index (χ3v) is 4.20. The molecule has 0 unspecified atom stereocenters. The Labute approximate surface area is 145 Å². The Bertz CT molecular complexity index is 439. The number of hydrogen-bond acceptors (Lipinski definition) is 3. The molecule has 0 saturated heterocycles. The van der Waals surface area contributed by atoms with Crippen LogP contribution >= 0.6 is 31.9 Å². The van der Waals surface area contributed by atoms with Crippen molar-refractivity contribution >= 4 is 31.9 Å². The SMILES string of the molecule is CCOc1c(Br)cc(CNCC(C)(C)CN(C)C)cc1Br. The van der Waals surface area contributed by atoms with Crippen LogP contribution < -0.4 is 10.1 Å². The third-order valence-electron chi connectivity index (χ3n) is 3.02. The van der Waals surface area contributed by atoms with Crippen molar-refractivity contribution in [3.63, 3.8) is 0 Å². The maximum absolute atomic E-state index is 5.61. The molecule has 0 bridgehead atoms. The zero-order valence-corrected chi connectivity index (χ0v) is 16.8. The van der Waals surface area contributed by atoms with E-state index in [2.05, 4.69) is 82.2 Å². The predicted molar refractivity (Wildman–Crippen MR) is 97.1 cm³/mol. The van der Waals surface area contributed by atoms with Crippen LogP contribution in [0.4, 0.5) is 0 Å². The van der Waals surface area contributed by atoms with Crippen molar-refractivity contribution in [1.82, 2.24) is 10.2 Å². The molecule has 0 spiro atoms. The Kier molecular flexibility index (Phi) is 7.68. The van der Waals surface area contributed by atoms with Gasteiger partial charge >= 0.3 is 0 Å². The second-order valence-corrected chi connectivity index (χ2v) is 8.04. The summed E-state index contributed by atoms with van der Waals surface area (Å²) in [5, 5.41) is 3.54. The summed E-state index contributed by atoms with van der Waals surface area (Å²) in [5.41, 5.74) is 1.49. The number of halogens is 2. The lowest BCUT2D eigenvalue weighted by atomic mass is 9.93. The quantitative estimate of drug-likeness (QED) is 0.677. The fourth-order valence-corrected chi connectivity index (χ4v) is 3.96. The maximum atomic E-state index is 5.61. The van der Waals surface area contributed by atoms with Crippen LogP contribution in [0.1, 0.15) is 26.3 Å². The molecule has 0 aliphatic carbocycles. The number of nitrogens with zero attached hydrogens (tertiary/aromatic N) is 1. The first kappa shape index (κ1) is 18.9. The highest BCUT2D eigenvalue weighted by atomic mass is 79.9. The molecule has 120 valence electrons. The van der Waals surface area contributed by atoms with Gasteiger partial charge in [0.05, 0.1) is 15.6 Å². The van der Waals surface area contributed by atoms with Crippen LogP contribution in [0.3, 0.4) is 0 Å². The van der Waals surface area contributed by atoms with E-state index in [0.717, 1.165) is 34.3 Å². The van der Waals surface area contributed by atoms with Gasteiger partial charge < -0.3 is 15.0 Å². The molecule has 0 saturated carbocycles. The first-order chi connectivity index (χ1) is 9.75. The summed E-state index contributed by atoms with van der Waals surface area (Å²) >= 11 is 7.15. The third kappa shape index (κ3) is 6.68. The summed E-state index contributed by atoms with van der Waals surface area (Å²) in [4.78, 5) is 2.23. The van der Waals surface area contributed by atoms with Crippen LogP contribution in [0, 0.1) is 5.41 Å². The van der Waals surface area contributed by atoms with Crippen molar-refractivity contribution in [3.8, 4) is 5.75 Å². The second-order valence-electron chi connectivity index (χ2n) is 6.33. The van der Waals surface area contributed by atoms with Gasteiger partial charge in [0.15, 0.2) is 0 Å². The second kappa shape index (κ2) is 8.51. The van der Waals surface area contributed by atoms with E-state index in [-0.39, 0.29) is 5.41 Å². The zero-order valence-electron chi connectivity index (χ0n) is 13.6. The molecule has 0 atom stereocenters. The van der Waals surface area contributed by atoms with Crippen molar-refractivity contribution < 1.29 is 4.74 Å². The molecule has 1 aromatic carbocycles. The van der Waals surface area contributed by atoms with Crippen molar-refractivity contribution in [2.45, 2.75) is 27.3 Å². The lowest BCUT2D eigenvalue weighted by Gasteiger charge is -2.28. The standard InChI is InChI=1S/C16H26Br2N2O/c1-6-21-15-13(17)7-12(8-14(15)18)9-19-10-16(2,3)11-20(4)5/h7-8,19H,6,9-11H2,1-5H3. The highest BCUT2D eigenvalue weighted by Crippen LogP contribution is 2.34. The summed E-state index contributed by atoms with van der Waals surface area (Å²) in [6.07, 6.45) is 0. The van der Waals surface area contributed by atoms with Gasteiger partial charge in [-0.1, -0.05) is 13.8 Å². The van der Waals surface area contributed by atoms with Crippen LogP contribution in [-0.2, 0) is 6.54 Å². The van der Waals surface area contributed by atoms with Gasteiger partial charge in [-0.15, -0.1) is 0 Å². The molecule has 0 aliphatic rings. The number of rotatable bonds is 8. The average Bonchev–Trinajstić information content (AvgIpc) is 2.32. The van der Waals surface area contributed by atoms with Gasteiger partial charge in [0.2, 0.25) is 0 Å². The van der Waals surface area contributed by atoms with Crippen molar-refractivity contribution in [2.75, 3.05) is 33.8 Å². The van der Waals surface area contributed by atoms with Crippen molar-refractivity contribution in [3.05, 3.63) is 26.6 Å². The molecule has 3 nitrogen and oxygen atoms in total. The van der Waals surface area contributed by atoms with Gasteiger partial charge in [-0.2, -0.15) is 0 Å². The predicted octanol–water partition coefficient (Wildman–Crippen LogP) is 4.29. The average molecular weight is 422 g/mol.